The van der Waals surface area contributed by atoms with Crippen LogP contribution < -0.4 is 20.3 Å². The number of nitrogens with zero attached hydrogens (tertiary/aromatic N) is 2. The maximum absolute atomic E-state index is 12.2. The molecule has 1 aliphatic heterocycles. The summed E-state index contributed by atoms with van der Waals surface area (Å²) in [6.45, 7) is 4.57. The molecule has 25 heavy (non-hydrogen) atoms. The maximum atomic E-state index is 12.2. The van der Waals surface area contributed by atoms with Gasteiger partial charge in [0.05, 0.1) is 6.61 Å². The van der Waals surface area contributed by atoms with E-state index in [4.69, 9.17) is 4.74 Å². The second-order valence-electron chi connectivity index (χ2n) is 6.07. The van der Waals surface area contributed by atoms with E-state index in [-0.39, 0.29) is 12.1 Å². The van der Waals surface area contributed by atoms with Crippen molar-refractivity contribution < 1.29 is 9.53 Å². The van der Waals surface area contributed by atoms with Crippen LogP contribution in [0.5, 0.6) is 5.75 Å². The minimum Gasteiger partial charge on any atom is -0.494 e. The number of aromatic nitrogens is 1. The van der Waals surface area contributed by atoms with Gasteiger partial charge < -0.3 is 20.3 Å². The summed E-state index contributed by atoms with van der Waals surface area (Å²) in [7, 11) is 0. The lowest BCUT2D eigenvalue weighted by atomic mass is 10.2. The van der Waals surface area contributed by atoms with E-state index in [0.29, 0.717) is 0 Å². The predicted octanol–water partition coefficient (Wildman–Crippen LogP) is 3.72. The standard InChI is InChI=1S/C18H24N4O2S/c1-2-3-11-24-16-6-4-14(5-7-16)20-17(23)21-15-8-10-22(13-15)18-19-9-12-25-18/h4-7,9,12,15H,2-3,8,10-11,13H2,1H3,(H2,20,21,23). The number of hydrogen-bond donors (Lipinski definition) is 2. The molecule has 0 saturated carbocycles. The summed E-state index contributed by atoms with van der Waals surface area (Å²) < 4.78 is 5.62. The van der Waals surface area contributed by atoms with E-state index in [1.807, 2.05) is 35.8 Å². The van der Waals surface area contributed by atoms with Gasteiger partial charge in [-0.2, -0.15) is 0 Å². The van der Waals surface area contributed by atoms with Crippen LogP contribution in [-0.2, 0) is 0 Å². The van der Waals surface area contributed by atoms with Gasteiger partial charge in [-0.05, 0) is 37.1 Å². The quantitative estimate of drug-likeness (QED) is 0.739. The van der Waals surface area contributed by atoms with Crippen molar-refractivity contribution in [3.63, 3.8) is 0 Å². The molecule has 1 saturated heterocycles. The highest BCUT2D eigenvalue weighted by Crippen LogP contribution is 2.22. The van der Waals surface area contributed by atoms with Crippen LogP contribution in [0.4, 0.5) is 15.6 Å². The molecule has 134 valence electrons. The van der Waals surface area contributed by atoms with Crippen LogP contribution in [0.15, 0.2) is 35.8 Å². The topological polar surface area (TPSA) is 66.5 Å². The zero-order valence-corrected chi connectivity index (χ0v) is 15.2. The zero-order valence-electron chi connectivity index (χ0n) is 14.4. The van der Waals surface area contributed by atoms with Crippen LogP contribution in [0.25, 0.3) is 0 Å². The van der Waals surface area contributed by atoms with E-state index in [1.54, 1.807) is 11.3 Å². The number of carbonyl (C=O) groups excluding carboxylic acids is 1. The number of nitrogens with one attached hydrogen (secondary N) is 2. The molecule has 1 aromatic carbocycles. The second-order valence-corrected chi connectivity index (χ2v) is 6.94. The lowest BCUT2D eigenvalue weighted by molar-refractivity contribution is 0.249. The third-order valence-corrected chi connectivity index (χ3v) is 4.92. The van der Waals surface area contributed by atoms with Crippen molar-refractivity contribution in [3.05, 3.63) is 35.8 Å². The highest BCUT2D eigenvalue weighted by atomic mass is 32.1. The Balaban J connectivity index is 1.43. The molecule has 1 aliphatic rings. The van der Waals surface area contributed by atoms with Crippen molar-refractivity contribution in [3.8, 4) is 5.75 Å². The first-order valence-corrected chi connectivity index (χ1v) is 9.57. The van der Waals surface area contributed by atoms with Gasteiger partial charge in [-0.1, -0.05) is 13.3 Å². The Bertz CT molecular complexity index is 660. The molecule has 0 spiro atoms. The van der Waals surface area contributed by atoms with E-state index in [0.717, 1.165) is 55.5 Å². The molecule has 0 radical (unpaired) electrons. The van der Waals surface area contributed by atoms with Crippen molar-refractivity contribution in [1.82, 2.24) is 10.3 Å². The van der Waals surface area contributed by atoms with Gasteiger partial charge in [-0.25, -0.2) is 9.78 Å². The molecule has 2 N–H and O–H groups in total. The number of ether oxygens (including phenoxy) is 1. The first-order valence-electron chi connectivity index (χ1n) is 8.69. The summed E-state index contributed by atoms with van der Waals surface area (Å²) in [6.07, 6.45) is 4.89. The minimum absolute atomic E-state index is 0.139. The average Bonchev–Trinajstić information content (AvgIpc) is 3.28. The van der Waals surface area contributed by atoms with Crippen LogP contribution in [0.1, 0.15) is 26.2 Å². The molecular formula is C18H24N4O2S. The van der Waals surface area contributed by atoms with Crippen LogP contribution in [0.2, 0.25) is 0 Å². The maximum Gasteiger partial charge on any atom is 0.319 e. The Kier molecular flexibility index (Phi) is 6.11. The number of hydrogen-bond acceptors (Lipinski definition) is 5. The summed E-state index contributed by atoms with van der Waals surface area (Å²) in [4.78, 5) is 18.7. The second kappa shape index (κ2) is 8.71. The lowest BCUT2D eigenvalue weighted by Crippen LogP contribution is -2.39. The summed E-state index contributed by atoms with van der Waals surface area (Å²) in [5, 5.41) is 8.89. The fourth-order valence-electron chi connectivity index (χ4n) is 2.75. The fourth-order valence-corrected chi connectivity index (χ4v) is 3.43. The molecule has 0 bridgehead atoms. The van der Waals surface area contributed by atoms with E-state index < -0.39 is 0 Å². The van der Waals surface area contributed by atoms with E-state index in [9.17, 15) is 4.79 Å². The van der Waals surface area contributed by atoms with Crippen molar-refractivity contribution >= 4 is 28.2 Å². The van der Waals surface area contributed by atoms with Gasteiger partial charge in [0.2, 0.25) is 0 Å². The average molecular weight is 360 g/mol. The molecule has 0 aliphatic carbocycles. The molecule has 1 aromatic heterocycles. The summed E-state index contributed by atoms with van der Waals surface area (Å²) in [5.41, 5.74) is 0.759. The van der Waals surface area contributed by atoms with Crippen LogP contribution in [0.3, 0.4) is 0 Å². The van der Waals surface area contributed by atoms with Crippen molar-refractivity contribution in [2.45, 2.75) is 32.2 Å². The Morgan fingerprint density at radius 3 is 2.96 bits per heavy atom. The number of carbonyl (C=O) groups is 1. The third-order valence-electron chi connectivity index (χ3n) is 4.09. The Morgan fingerprint density at radius 2 is 2.24 bits per heavy atom. The number of benzene rings is 1. The molecule has 1 atom stereocenters. The Labute approximate surface area is 152 Å². The highest BCUT2D eigenvalue weighted by Gasteiger charge is 2.25. The Hall–Kier alpha value is -2.28. The minimum atomic E-state index is -0.175. The lowest BCUT2D eigenvalue weighted by Gasteiger charge is -2.16. The number of anilines is 2. The largest absolute Gasteiger partial charge is 0.494 e. The first-order chi connectivity index (χ1) is 12.2. The molecule has 1 fully saturated rings. The van der Waals surface area contributed by atoms with Gasteiger partial charge in [-0.15, -0.1) is 11.3 Å². The van der Waals surface area contributed by atoms with Gasteiger partial charge in [-0.3, -0.25) is 0 Å². The summed E-state index contributed by atoms with van der Waals surface area (Å²) in [5.74, 6) is 0.828. The smallest absolute Gasteiger partial charge is 0.319 e. The molecule has 2 heterocycles. The van der Waals surface area contributed by atoms with Gasteiger partial charge in [0.1, 0.15) is 5.75 Å². The SMILES string of the molecule is CCCCOc1ccc(NC(=O)NC2CCN(c3nccs3)C2)cc1. The van der Waals surface area contributed by atoms with Gasteiger partial charge >= 0.3 is 6.03 Å². The third kappa shape index (κ3) is 5.09. The molecule has 7 heteroatoms. The molecule has 3 rings (SSSR count). The number of thiazole rings is 1. The molecule has 6 nitrogen and oxygen atoms in total. The van der Waals surface area contributed by atoms with E-state index in [2.05, 4.69) is 27.4 Å². The van der Waals surface area contributed by atoms with Crippen LogP contribution >= 0.6 is 11.3 Å². The van der Waals surface area contributed by atoms with Crippen LogP contribution in [0, 0.1) is 0 Å². The van der Waals surface area contributed by atoms with Gasteiger partial charge in [0, 0.05) is 36.4 Å². The normalized spacial score (nSPS) is 16.7. The fraction of sp³-hybridized carbons (Fsp3) is 0.444. The molecule has 2 amide bonds. The van der Waals surface area contributed by atoms with Crippen molar-refractivity contribution in [2.24, 2.45) is 0 Å². The Morgan fingerprint density at radius 1 is 1.40 bits per heavy atom. The van der Waals surface area contributed by atoms with Crippen LogP contribution in [-0.4, -0.2) is 36.8 Å². The number of rotatable bonds is 7. The van der Waals surface area contributed by atoms with E-state index in [1.165, 1.54) is 0 Å². The summed E-state index contributed by atoms with van der Waals surface area (Å²) >= 11 is 1.63. The number of amides is 2. The summed E-state index contributed by atoms with van der Waals surface area (Å²) in [6, 6.07) is 7.44. The predicted molar refractivity (Wildman–Crippen MR) is 102 cm³/mol. The molecule has 2 aromatic rings. The number of unbranched alkanes of at least 4 members (excludes halogenated alkanes) is 1. The molecule has 1 unspecified atom stereocenters. The monoisotopic (exact) mass is 360 g/mol. The highest BCUT2D eigenvalue weighted by molar-refractivity contribution is 7.13. The van der Waals surface area contributed by atoms with Gasteiger partial charge in [0.15, 0.2) is 5.13 Å². The van der Waals surface area contributed by atoms with Crippen molar-refractivity contribution in [1.29, 1.82) is 0 Å². The number of urea groups is 1. The van der Waals surface area contributed by atoms with Crippen molar-refractivity contribution in [2.75, 3.05) is 29.9 Å². The zero-order chi connectivity index (χ0) is 17.5. The molecular weight excluding hydrogens is 336 g/mol. The first kappa shape index (κ1) is 17.5. The van der Waals surface area contributed by atoms with Gasteiger partial charge in [0.25, 0.3) is 0 Å². The van der Waals surface area contributed by atoms with E-state index >= 15 is 0 Å².